The number of carbonyl (C=O) groups is 1. The maximum absolute atomic E-state index is 13.2. The average Bonchev–Trinajstić information content (AvgIpc) is 3.22. The van der Waals surface area contributed by atoms with Crippen molar-refractivity contribution < 1.29 is 22.4 Å². The number of anilines is 2. The van der Waals surface area contributed by atoms with E-state index in [-0.39, 0.29) is 23.0 Å². The number of carbonyl (C=O) groups excluding carboxylic acids is 1. The van der Waals surface area contributed by atoms with Crippen LogP contribution in [0.2, 0.25) is 0 Å². The van der Waals surface area contributed by atoms with Gasteiger partial charge in [-0.3, -0.25) is 9.78 Å². The molecule has 2 aromatic carbocycles. The topological polar surface area (TPSA) is 71.3 Å². The molecule has 0 bridgehead atoms. The van der Waals surface area contributed by atoms with Gasteiger partial charge in [0.25, 0.3) is 5.91 Å². The maximum Gasteiger partial charge on any atom is 0.418 e. The van der Waals surface area contributed by atoms with Gasteiger partial charge in [0.1, 0.15) is 11.2 Å². The Kier molecular flexibility index (Phi) is 6.11. The lowest BCUT2D eigenvalue weighted by molar-refractivity contribution is -0.136. The van der Waals surface area contributed by atoms with Crippen molar-refractivity contribution in [3.63, 3.8) is 0 Å². The van der Waals surface area contributed by atoms with Crippen LogP contribution >= 0.6 is 27.9 Å². The average molecular weight is 523 g/mol. The van der Waals surface area contributed by atoms with Crippen LogP contribution < -0.4 is 9.24 Å². The monoisotopic (exact) mass is 522 g/mol. The third-order valence-electron chi connectivity index (χ3n) is 4.37. The van der Waals surface area contributed by atoms with Crippen LogP contribution in [0.5, 0.6) is 0 Å². The molecule has 11 heteroatoms. The van der Waals surface area contributed by atoms with Gasteiger partial charge in [-0.1, -0.05) is 17.8 Å². The van der Waals surface area contributed by atoms with E-state index in [0.29, 0.717) is 11.4 Å². The normalized spacial score (nSPS) is 11.5. The van der Waals surface area contributed by atoms with Crippen molar-refractivity contribution in [2.45, 2.75) is 16.0 Å². The first-order valence-corrected chi connectivity index (χ1v) is 10.7. The predicted octanol–water partition coefficient (Wildman–Crippen LogP) is 6.20. The predicted molar refractivity (Wildman–Crippen MR) is 118 cm³/mol. The molecule has 1 N–H and O–H groups in total. The van der Waals surface area contributed by atoms with E-state index >= 15 is 0 Å². The number of hydrogen-bond donors (Lipinski definition) is 1. The highest BCUT2D eigenvalue weighted by Crippen LogP contribution is 2.38. The fourth-order valence-corrected chi connectivity index (χ4v) is 4.10. The Morgan fingerprint density at radius 3 is 2.56 bits per heavy atom. The third-order valence-corrected chi connectivity index (χ3v) is 6.08. The van der Waals surface area contributed by atoms with E-state index < -0.39 is 11.7 Å². The van der Waals surface area contributed by atoms with Crippen molar-refractivity contribution in [2.24, 2.45) is 0 Å². The van der Waals surface area contributed by atoms with Crippen molar-refractivity contribution >= 4 is 56.6 Å². The minimum Gasteiger partial charge on any atom is -0.423 e. The molecule has 1 amide bonds. The van der Waals surface area contributed by atoms with Crippen molar-refractivity contribution in [3.05, 3.63) is 72.1 Å². The third kappa shape index (κ3) is 4.58. The minimum absolute atomic E-state index is 0.0264. The molecule has 0 radical (unpaired) electrons. The number of pyridine rings is 1. The van der Waals surface area contributed by atoms with Crippen LogP contribution in [-0.4, -0.2) is 22.9 Å². The molecular formula is C21H14BrF3N4O2S. The summed E-state index contributed by atoms with van der Waals surface area (Å²) in [6.45, 7) is 0. The lowest BCUT2D eigenvalue weighted by Gasteiger charge is -2.12. The molecule has 6 nitrogen and oxygen atoms in total. The molecule has 0 fully saturated rings. The van der Waals surface area contributed by atoms with Gasteiger partial charge in [-0.25, -0.2) is 3.93 Å². The standard InChI is InChI=1S/C21H14BrF3N4O2S/c1-26-19(30)16-11-14(9-10-27-16)32-13-7-5-12(6-8-13)29(22)20-28-18-15(21(23,24)25)3-2-4-17(18)31-20/h2-11H,1H3,(H,26,30). The number of nitrogens with one attached hydrogen (secondary N) is 1. The Labute approximate surface area is 193 Å². The first-order chi connectivity index (χ1) is 15.3. The van der Waals surface area contributed by atoms with E-state index in [9.17, 15) is 18.0 Å². The van der Waals surface area contributed by atoms with E-state index in [0.717, 1.165) is 15.9 Å². The first kappa shape index (κ1) is 22.2. The number of amides is 1. The fraction of sp³-hybridized carbons (Fsp3) is 0.0952. The number of fused-ring (bicyclic) bond motifs is 1. The number of hydrogen-bond acceptors (Lipinski definition) is 6. The number of oxazole rings is 1. The molecule has 2 heterocycles. The maximum atomic E-state index is 13.2. The van der Waals surface area contributed by atoms with Gasteiger partial charge in [-0.15, -0.1) is 0 Å². The van der Waals surface area contributed by atoms with Crippen LogP contribution in [0.25, 0.3) is 11.1 Å². The van der Waals surface area contributed by atoms with Crippen molar-refractivity contribution in [3.8, 4) is 0 Å². The molecule has 0 aliphatic carbocycles. The summed E-state index contributed by atoms with van der Waals surface area (Å²) in [5.41, 5.74) is -0.149. The zero-order chi connectivity index (χ0) is 22.9. The molecule has 0 saturated carbocycles. The number of benzene rings is 2. The molecule has 0 unspecified atom stereocenters. The number of aromatic nitrogens is 2. The summed E-state index contributed by atoms with van der Waals surface area (Å²) < 4.78 is 46.6. The number of para-hydroxylation sites is 1. The van der Waals surface area contributed by atoms with Crippen LogP contribution in [0.15, 0.2) is 75.0 Å². The van der Waals surface area contributed by atoms with E-state index in [1.54, 1.807) is 30.5 Å². The van der Waals surface area contributed by atoms with Crippen molar-refractivity contribution in [1.82, 2.24) is 15.3 Å². The lowest BCUT2D eigenvalue weighted by Crippen LogP contribution is -2.18. The highest BCUT2D eigenvalue weighted by atomic mass is 79.9. The van der Waals surface area contributed by atoms with Gasteiger partial charge >= 0.3 is 12.2 Å². The van der Waals surface area contributed by atoms with Gasteiger partial charge in [0.05, 0.1) is 27.4 Å². The number of rotatable bonds is 5. The molecule has 0 saturated heterocycles. The minimum atomic E-state index is -4.53. The second-order valence-corrected chi connectivity index (χ2v) is 8.34. The summed E-state index contributed by atoms with van der Waals surface area (Å²) >= 11 is 4.74. The zero-order valence-electron chi connectivity index (χ0n) is 16.4. The summed E-state index contributed by atoms with van der Waals surface area (Å²) in [6, 6.07) is 14.3. The van der Waals surface area contributed by atoms with Gasteiger partial charge < -0.3 is 9.73 Å². The fourth-order valence-electron chi connectivity index (χ4n) is 2.87. The largest absolute Gasteiger partial charge is 0.423 e. The molecule has 2 aromatic heterocycles. The Hall–Kier alpha value is -3.05. The molecule has 164 valence electrons. The molecule has 0 aliphatic heterocycles. The summed E-state index contributed by atoms with van der Waals surface area (Å²) in [7, 11) is 1.54. The lowest BCUT2D eigenvalue weighted by atomic mass is 10.2. The summed E-state index contributed by atoms with van der Waals surface area (Å²) in [5, 5.41) is 2.53. The summed E-state index contributed by atoms with van der Waals surface area (Å²) in [5.74, 6) is -0.273. The SMILES string of the molecule is CNC(=O)c1cc(Sc2ccc(N(Br)c3nc4c(C(F)(F)F)cccc4o3)cc2)ccn1. The van der Waals surface area contributed by atoms with E-state index in [4.69, 9.17) is 4.42 Å². The number of halogens is 4. The van der Waals surface area contributed by atoms with Crippen LogP contribution in [0.1, 0.15) is 16.1 Å². The van der Waals surface area contributed by atoms with E-state index in [1.807, 2.05) is 12.1 Å². The molecule has 0 spiro atoms. The molecule has 0 atom stereocenters. The van der Waals surface area contributed by atoms with E-state index in [2.05, 4.69) is 31.4 Å². The summed E-state index contributed by atoms with van der Waals surface area (Å²) in [4.78, 5) is 21.5. The van der Waals surface area contributed by atoms with Crippen LogP contribution in [-0.2, 0) is 6.18 Å². The molecule has 4 aromatic rings. The quantitative estimate of drug-likeness (QED) is 0.314. The van der Waals surface area contributed by atoms with Crippen LogP contribution in [0.4, 0.5) is 24.9 Å². The second-order valence-electron chi connectivity index (χ2n) is 6.48. The van der Waals surface area contributed by atoms with Gasteiger partial charge in [0.2, 0.25) is 0 Å². The van der Waals surface area contributed by atoms with Crippen LogP contribution in [0.3, 0.4) is 0 Å². The molecular weight excluding hydrogens is 509 g/mol. The van der Waals surface area contributed by atoms with Crippen LogP contribution in [0, 0.1) is 0 Å². The number of nitrogens with zero attached hydrogens (tertiary/aromatic N) is 3. The Bertz CT molecular complexity index is 1280. The smallest absolute Gasteiger partial charge is 0.418 e. The Morgan fingerprint density at radius 2 is 1.88 bits per heavy atom. The first-order valence-electron chi connectivity index (χ1n) is 9.15. The highest BCUT2D eigenvalue weighted by Gasteiger charge is 2.34. The number of alkyl halides is 3. The highest BCUT2D eigenvalue weighted by molar-refractivity contribution is 9.10. The van der Waals surface area contributed by atoms with Crippen molar-refractivity contribution in [1.29, 1.82) is 0 Å². The molecule has 32 heavy (non-hydrogen) atoms. The summed E-state index contributed by atoms with van der Waals surface area (Å²) in [6.07, 6.45) is -2.97. The van der Waals surface area contributed by atoms with Crippen molar-refractivity contribution in [2.75, 3.05) is 11.0 Å². The molecule has 0 aliphatic rings. The van der Waals surface area contributed by atoms with Gasteiger partial charge in [-0.05, 0) is 48.5 Å². The Morgan fingerprint density at radius 1 is 1.12 bits per heavy atom. The van der Waals surface area contributed by atoms with Gasteiger partial charge in [-0.2, -0.15) is 18.2 Å². The Balaban J connectivity index is 1.55. The molecule has 4 rings (SSSR count). The zero-order valence-corrected chi connectivity index (χ0v) is 18.8. The van der Waals surface area contributed by atoms with Gasteiger partial charge in [0, 0.05) is 23.0 Å². The van der Waals surface area contributed by atoms with E-state index in [1.165, 1.54) is 34.9 Å². The van der Waals surface area contributed by atoms with Gasteiger partial charge in [0.15, 0.2) is 5.58 Å². The second kappa shape index (κ2) is 8.83.